The molecule has 129 valence electrons. The number of hydrogen-bond acceptors (Lipinski definition) is 3. The van der Waals surface area contributed by atoms with Crippen molar-refractivity contribution in [3.63, 3.8) is 0 Å². The first-order valence-corrected chi connectivity index (χ1v) is 11.3. The second-order valence-electron chi connectivity index (χ2n) is 6.63. The highest BCUT2D eigenvalue weighted by Crippen LogP contribution is 2.26. The molecule has 1 fully saturated rings. The van der Waals surface area contributed by atoms with Crippen LogP contribution in [0.5, 0.6) is 0 Å². The molecule has 0 saturated carbocycles. The summed E-state index contributed by atoms with van der Waals surface area (Å²) in [5.74, 6) is 0.949. The van der Waals surface area contributed by atoms with E-state index in [0.29, 0.717) is 12.7 Å². The molecule has 1 aliphatic rings. The summed E-state index contributed by atoms with van der Waals surface area (Å²) in [5, 5.41) is 0. The molecule has 1 radical (unpaired) electrons. The normalized spacial score (nSPS) is 18.0. The fourth-order valence-corrected chi connectivity index (χ4v) is 4.66. The first-order chi connectivity index (χ1) is 11.8. The Labute approximate surface area is 146 Å². The van der Waals surface area contributed by atoms with E-state index in [1.54, 1.807) is 6.26 Å². The van der Waals surface area contributed by atoms with Crippen molar-refractivity contribution in [2.24, 2.45) is 0 Å². The topological polar surface area (TPSA) is 34.9 Å². The van der Waals surface area contributed by atoms with Gasteiger partial charge in [0.2, 0.25) is 0 Å². The molecule has 1 aromatic heterocycles. The van der Waals surface area contributed by atoms with E-state index in [2.05, 4.69) is 36.9 Å². The van der Waals surface area contributed by atoms with Crippen molar-refractivity contribution in [1.29, 1.82) is 0 Å². The number of aryl methyl sites for hydroxylation is 1. The van der Waals surface area contributed by atoms with Crippen LogP contribution >= 0.6 is 0 Å². The first kappa shape index (κ1) is 17.5. The van der Waals surface area contributed by atoms with Crippen molar-refractivity contribution < 1.29 is 13.9 Å². The van der Waals surface area contributed by atoms with E-state index in [4.69, 9.17) is 13.9 Å². The monoisotopic (exact) mass is 343 g/mol. The lowest BCUT2D eigenvalue weighted by atomic mass is 10.1. The number of benzene rings is 1. The molecule has 2 heterocycles. The average molecular weight is 344 g/mol. The molecule has 0 aliphatic carbocycles. The summed E-state index contributed by atoms with van der Waals surface area (Å²) >= 11 is 0. The molecule has 3 rings (SSSR count). The lowest BCUT2D eigenvalue weighted by molar-refractivity contribution is 0.0223. The van der Waals surface area contributed by atoms with Crippen LogP contribution < -0.4 is 0 Å². The minimum Gasteiger partial charge on any atom is -0.467 e. The van der Waals surface area contributed by atoms with E-state index < -0.39 is 0 Å². The maximum absolute atomic E-state index is 6.01. The largest absolute Gasteiger partial charge is 0.467 e. The summed E-state index contributed by atoms with van der Waals surface area (Å²) in [6.45, 7) is 3.98. The molecule has 0 amide bonds. The maximum Gasteiger partial charge on any atom is 0.132 e. The summed E-state index contributed by atoms with van der Waals surface area (Å²) in [6.07, 6.45) is 5.56. The van der Waals surface area contributed by atoms with Gasteiger partial charge in [0.25, 0.3) is 0 Å². The molecule has 4 heteroatoms. The molecule has 1 saturated heterocycles. The zero-order chi connectivity index (χ0) is 16.6. The van der Waals surface area contributed by atoms with Gasteiger partial charge in [-0.25, -0.2) is 0 Å². The van der Waals surface area contributed by atoms with Crippen molar-refractivity contribution in [1.82, 2.24) is 0 Å². The average Bonchev–Trinajstić information content (AvgIpc) is 3.28. The second-order valence-corrected chi connectivity index (χ2v) is 9.54. The minimum atomic E-state index is -0.280. The van der Waals surface area contributed by atoms with Gasteiger partial charge in [0, 0.05) is 8.80 Å². The summed E-state index contributed by atoms with van der Waals surface area (Å²) in [5.41, 5.74) is 1.46. The molecular weight excluding hydrogens is 316 g/mol. The third kappa shape index (κ3) is 5.93. The number of furan rings is 1. The van der Waals surface area contributed by atoms with Gasteiger partial charge in [-0.15, -0.1) is 0 Å². The molecule has 2 unspecified atom stereocenters. The van der Waals surface area contributed by atoms with Crippen LogP contribution in [-0.2, 0) is 15.9 Å². The summed E-state index contributed by atoms with van der Waals surface area (Å²) in [7, 11) is -0.280. The molecule has 1 aromatic carbocycles. The van der Waals surface area contributed by atoms with Gasteiger partial charge in [-0.05, 0) is 30.5 Å². The van der Waals surface area contributed by atoms with Crippen LogP contribution in [0.4, 0.5) is 0 Å². The standard InChI is InChI=1S/C20H27O3Si/c1-24(14-11-17-7-3-2-4-8-17)13-6-10-20(19-9-5-12-21-19)23-16-18-15-22-18/h2-5,7-9,12,18,20H,6,10-11,13-16H2,1H3. The Morgan fingerprint density at radius 3 is 2.71 bits per heavy atom. The van der Waals surface area contributed by atoms with E-state index >= 15 is 0 Å². The Balaban J connectivity index is 1.37. The quantitative estimate of drug-likeness (QED) is 0.431. The summed E-state index contributed by atoms with van der Waals surface area (Å²) < 4.78 is 16.8. The minimum absolute atomic E-state index is 0.0770. The Morgan fingerprint density at radius 2 is 2.00 bits per heavy atom. The fourth-order valence-electron chi connectivity index (χ4n) is 2.89. The Kier molecular flexibility index (Phi) is 6.70. The zero-order valence-corrected chi connectivity index (χ0v) is 15.4. The molecule has 2 aromatic rings. The smallest absolute Gasteiger partial charge is 0.132 e. The van der Waals surface area contributed by atoms with Crippen molar-refractivity contribution >= 4 is 8.80 Å². The van der Waals surface area contributed by atoms with E-state index in [-0.39, 0.29) is 14.9 Å². The van der Waals surface area contributed by atoms with Crippen LogP contribution in [0.15, 0.2) is 53.1 Å². The van der Waals surface area contributed by atoms with Crippen LogP contribution in [-0.4, -0.2) is 28.1 Å². The first-order valence-electron chi connectivity index (χ1n) is 8.93. The lowest BCUT2D eigenvalue weighted by Gasteiger charge is -2.16. The van der Waals surface area contributed by atoms with Crippen LogP contribution in [0.2, 0.25) is 18.6 Å². The molecule has 3 nitrogen and oxygen atoms in total. The fraction of sp³-hybridized carbons (Fsp3) is 0.500. The number of hydrogen-bond donors (Lipinski definition) is 0. The van der Waals surface area contributed by atoms with Crippen molar-refractivity contribution in [2.45, 2.75) is 50.1 Å². The summed E-state index contributed by atoms with van der Waals surface area (Å²) in [6, 6.07) is 17.4. The molecule has 1 aliphatic heterocycles. The second kappa shape index (κ2) is 9.21. The molecule has 0 spiro atoms. The van der Waals surface area contributed by atoms with E-state index in [0.717, 1.165) is 18.8 Å². The van der Waals surface area contributed by atoms with E-state index in [9.17, 15) is 0 Å². The van der Waals surface area contributed by atoms with Crippen LogP contribution in [0.3, 0.4) is 0 Å². The Hall–Kier alpha value is -1.36. The van der Waals surface area contributed by atoms with E-state index in [1.165, 1.54) is 30.5 Å². The van der Waals surface area contributed by atoms with Gasteiger partial charge in [0.1, 0.15) is 18.0 Å². The number of epoxide rings is 1. The third-order valence-electron chi connectivity index (χ3n) is 4.50. The SMILES string of the molecule is C[Si](CCCC(OCC1CO1)c1ccco1)CCc1ccccc1. The third-order valence-corrected chi connectivity index (χ3v) is 6.81. The van der Waals surface area contributed by atoms with Gasteiger partial charge in [-0.1, -0.05) is 55.4 Å². The van der Waals surface area contributed by atoms with Gasteiger partial charge in [-0.3, -0.25) is 0 Å². The van der Waals surface area contributed by atoms with E-state index in [1.807, 2.05) is 12.1 Å². The van der Waals surface area contributed by atoms with Gasteiger partial charge in [0.05, 0.1) is 19.5 Å². The molecule has 24 heavy (non-hydrogen) atoms. The van der Waals surface area contributed by atoms with Gasteiger partial charge in [0.15, 0.2) is 0 Å². The van der Waals surface area contributed by atoms with Crippen LogP contribution in [0.25, 0.3) is 0 Å². The highest BCUT2D eigenvalue weighted by molar-refractivity contribution is 6.57. The predicted molar refractivity (Wildman–Crippen MR) is 97.8 cm³/mol. The highest BCUT2D eigenvalue weighted by atomic mass is 28.3. The van der Waals surface area contributed by atoms with Gasteiger partial charge in [-0.2, -0.15) is 0 Å². The molecular formula is C20H27O3Si. The van der Waals surface area contributed by atoms with Crippen LogP contribution in [0.1, 0.15) is 30.3 Å². The summed E-state index contributed by atoms with van der Waals surface area (Å²) in [4.78, 5) is 0. The maximum atomic E-state index is 6.01. The van der Waals surface area contributed by atoms with Crippen LogP contribution in [0, 0.1) is 0 Å². The van der Waals surface area contributed by atoms with Crippen molar-refractivity contribution in [3.05, 3.63) is 60.1 Å². The zero-order valence-electron chi connectivity index (χ0n) is 14.4. The Morgan fingerprint density at radius 1 is 1.17 bits per heavy atom. The highest BCUT2D eigenvalue weighted by Gasteiger charge is 2.25. The molecule has 2 atom stereocenters. The van der Waals surface area contributed by atoms with Gasteiger partial charge >= 0.3 is 0 Å². The molecule has 0 N–H and O–H groups in total. The predicted octanol–water partition coefficient (Wildman–Crippen LogP) is 4.88. The van der Waals surface area contributed by atoms with Gasteiger partial charge < -0.3 is 13.9 Å². The van der Waals surface area contributed by atoms with Crippen molar-refractivity contribution in [2.75, 3.05) is 13.2 Å². The number of rotatable bonds is 11. The molecule has 0 bridgehead atoms. The lowest BCUT2D eigenvalue weighted by Crippen LogP contribution is -2.11. The Bertz CT molecular complexity index is 566. The number of ether oxygens (including phenoxy) is 2. The van der Waals surface area contributed by atoms with Crippen molar-refractivity contribution in [3.8, 4) is 0 Å².